The second-order valence-corrected chi connectivity index (χ2v) is 7.37. The number of benzene rings is 2. The molecule has 146 valence electrons. The van der Waals surface area contributed by atoms with Crippen LogP contribution in [0.15, 0.2) is 42.5 Å². The lowest BCUT2D eigenvalue weighted by Gasteiger charge is -2.31. The Balaban J connectivity index is 1.54. The zero-order chi connectivity index (χ0) is 19.7. The van der Waals surface area contributed by atoms with Crippen molar-refractivity contribution < 1.29 is 19.7 Å². The standard InChI is InChI=1S/C21H21ClN2O4/c22-14-4-5-16-13(8-14)9-18(23-16)21(27)24-17-11-15-12(10-19(17)26)2-1-3-20(15)28-7-6-25/h1-5,8-9,17,19,23,25-26H,6-7,10-11H2,(H,24,27)/t17?,19-/m1/s1. The van der Waals surface area contributed by atoms with Crippen molar-refractivity contribution in [3.63, 3.8) is 0 Å². The Labute approximate surface area is 167 Å². The monoisotopic (exact) mass is 400 g/mol. The van der Waals surface area contributed by atoms with Gasteiger partial charge in [0.1, 0.15) is 18.1 Å². The van der Waals surface area contributed by atoms with E-state index in [-0.39, 0.29) is 19.1 Å². The molecule has 6 nitrogen and oxygen atoms in total. The lowest BCUT2D eigenvalue weighted by atomic mass is 9.85. The molecule has 1 aliphatic rings. The van der Waals surface area contributed by atoms with E-state index in [0.717, 1.165) is 22.0 Å². The number of carbonyl (C=O) groups excluding carboxylic acids is 1. The first-order chi connectivity index (χ1) is 13.5. The fourth-order valence-electron chi connectivity index (χ4n) is 3.67. The van der Waals surface area contributed by atoms with Gasteiger partial charge in [0.05, 0.1) is 18.8 Å². The molecule has 2 atom stereocenters. The molecule has 0 radical (unpaired) electrons. The van der Waals surface area contributed by atoms with Gasteiger partial charge in [-0.2, -0.15) is 0 Å². The molecule has 0 spiro atoms. The van der Waals surface area contributed by atoms with E-state index in [9.17, 15) is 9.90 Å². The Kier molecular flexibility index (Phi) is 5.26. The number of aliphatic hydroxyl groups is 2. The summed E-state index contributed by atoms with van der Waals surface area (Å²) in [6, 6.07) is 12.3. The molecule has 3 aromatic rings. The molecular weight excluding hydrogens is 380 g/mol. The molecule has 0 saturated heterocycles. The number of ether oxygens (including phenoxy) is 1. The van der Waals surface area contributed by atoms with Gasteiger partial charge in [0, 0.05) is 22.3 Å². The number of rotatable bonds is 5. The molecule has 4 N–H and O–H groups in total. The number of nitrogens with one attached hydrogen (secondary N) is 2. The van der Waals surface area contributed by atoms with Gasteiger partial charge in [0.25, 0.3) is 5.91 Å². The molecule has 0 fully saturated rings. The number of hydrogen-bond donors (Lipinski definition) is 4. The van der Waals surface area contributed by atoms with Crippen LogP contribution >= 0.6 is 11.6 Å². The Bertz CT molecular complexity index is 1020. The highest BCUT2D eigenvalue weighted by Gasteiger charge is 2.30. The topological polar surface area (TPSA) is 94.6 Å². The van der Waals surface area contributed by atoms with Crippen LogP contribution in [0.25, 0.3) is 10.9 Å². The van der Waals surface area contributed by atoms with E-state index in [2.05, 4.69) is 10.3 Å². The van der Waals surface area contributed by atoms with Gasteiger partial charge in [-0.15, -0.1) is 0 Å². The van der Waals surface area contributed by atoms with Crippen LogP contribution in [0.4, 0.5) is 0 Å². The van der Waals surface area contributed by atoms with E-state index in [4.69, 9.17) is 21.4 Å². The summed E-state index contributed by atoms with van der Waals surface area (Å²) < 4.78 is 5.61. The van der Waals surface area contributed by atoms with Gasteiger partial charge >= 0.3 is 0 Å². The molecule has 7 heteroatoms. The Morgan fingerprint density at radius 2 is 2.11 bits per heavy atom. The maximum atomic E-state index is 12.7. The number of amides is 1. The Morgan fingerprint density at radius 3 is 2.93 bits per heavy atom. The predicted molar refractivity (Wildman–Crippen MR) is 107 cm³/mol. The minimum atomic E-state index is -0.691. The number of aromatic nitrogens is 1. The van der Waals surface area contributed by atoms with Crippen molar-refractivity contribution >= 4 is 28.4 Å². The number of hydrogen-bond acceptors (Lipinski definition) is 4. The van der Waals surface area contributed by atoms with Crippen LogP contribution in [-0.2, 0) is 12.8 Å². The third-order valence-electron chi connectivity index (χ3n) is 5.04. The Hall–Kier alpha value is -2.54. The minimum absolute atomic E-state index is 0.0726. The first-order valence-corrected chi connectivity index (χ1v) is 9.54. The van der Waals surface area contributed by atoms with Gasteiger partial charge < -0.3 is 25.3 Å². The smallest absolute Gasteiger partial charge is 0.268 e. The zero-order valence-electron chi connectivity index (χ0n) is 15.1. The number of fused-ring (bicyclic) bond motifs is 2. The SMILES string of the molecule is O=C(NC1Cc2c(cccc2OCCO)C[C@H]1O)c1cc2cc(Cl)ccc2[nH]1. The number of halogens is 1. The number of aliphatic hydroxyl groups excluding tert-OH is 2. The van der Waals surface area contributed by atoms with E-state index >= 15 is 0 Å². The van der Waals surface area contributed by atoms with Gasteiger partial charge in [-0.3, -0.25) is 4.79 Å². The van der Waals surface area contributed by atoms with Crippen LogP contribution in [0.2, 0.25) is 5.02 Å². The maximum absolute atomic E-state index is 12.7. The van der Waals surface area contributed by atoms with Crippen LogP contribution in [0.5, 0.6) is 5.75 Å². The molecule has 1 heterocycles. The molecule has 0 aliphatic heterocycles. The molecule has 1 aliphatic carbocycles. The second kappa shape index (κ2) is 7.83. The van der Waals surface area contributed by atoms with E-state index in [1.54, 1.807) is 18.2 Å². The first kappa shape index (κ1) is 18.8. The third-order valence-corrected chi connectivity index (χ3v) is 5.28. The summed E-state index contributed by atoms with van der Waals surface area (Å²) in [5.74, 6) is 0.395. The van der Waals surface area contributed by atoms with Crippen LogP contribution < -0.4 is 10.1 Å². The third kappa shape index (κ3) is 3.71. The van der Waals surface area contributed by atoms with Crippen molar-refractivity contribution in [1.29, 1.82) is 0 Å². The van der Waals surface area contributed by atoms with Crippen LogP contribution in [0.1, 0.15) is 21.6 Å². The fraction of sp³-hybridized carbons (Fsp3) is 0.286. The lowest BCUT2D eigenvalue weighted by molar-refractivity contribution is 0.0808. The zero-order valence-corrected chi connectivity index (χ0v) is 15.9. The van der Waals surface area contributed by atoms with E-state index in [1.807, 2.05) is 24.3 Å². The van der Waals surface area contributed by atoms with Crippen molar-refractivity contribution in [2.45, 2.75) is 25.0 Å². The summed E-state index contributed by atoms with van der Waals surface area (Å²) in [6.45, 7) is 0.129. The van der Waals surface area contributed by atoms with Crippen molar-refractivity contribution in [3.8, 4) is 5.75 Å². The molecule has 0 saturated carbocycles. The Morgan fingerprint density at radius 1 is 1.25 bits per heavy atom. The van der Waals surface area contributed by atoms with Crippen LogP contribution in [0, 0.1) is 0 Å². The first-order valence-electron chi connectivity index (χ1n) is 9.17. The highest BCUT2D eigenvalue weighted by Crippen LogP contribution is 2.30. The number of aromatic amines is 1. The molecule has 4 rings (SSSR count). The average Bonchev–Trinajstić information content (AvgIpc) is 3.10. The lowest BCUT2D eigenvalue weighted by Crippen LogP contribution is -2.48. The summed E-state index contributed by atoms with van der Waals surface area (Å²) in [4.78, 5) is 15.8. The number of carbonyl (C=O) groups is 1. The normalized spacial score (nSPS) is 18.7. The molecule has 2 aromatic carbocycles. The van der Waals surface area contributed by atoms with E-state index in [1.165, 1.54) is 0 Å². The van der Waals surface area contributed by atoms with Gasteiger partial charge in [0.15, 0.2) is 0 Å². The van der Waals surface area contributed by atoms with Gasteiger partial charge in [-0.1, -0.05) is 23.7 Å². The van der Waals surface area contributed by atoms with Crippen molar-refractivity contribution in [1.82, 2.24) is 10.3 Å². The largest absolute Gasteiger partial charge is 0.491 e. The molecule has 1 unspecified atom stereocenters. The van der Waals surface area contributed by atoms with Crippen LogP contribution in [-0.4, -0.2) is 46.5 Å². The van der Waals surface area contributed by atoms with E-state index < -0.39 is 12.1 Å². The summed E-state index contributed by atoms with van der Waals surface area (Å²) in [5, 5.41) is 23.9. The summed E-state index contributed by atoms with van der Waals surface area (Å²) >= 11 is 6.01. The van der Waals surface area contributed by atoms with Crippen LogP contribution in [0.3, 0.4) is 0 Å². The van der Waals surface area contributed by atoms with Gasteiger partial charge in [-0.25, -0.2) is 0 Å². The van der Waals surface area contributed by atoms with E-state index in [0.29, 0.717) is 29.3 Å². The van der Waals surface area contributed by atoms with Crippen molar-refractivity contribution in [3.05, 3.63) is 64.3 Å². The quantitative estimate of drug-likeness (QED) is 0.529. The molecule has 28 heavy (non-hydrogen) atoms. The molecule has 1 aromatic heterocycles. The maximum Gasteiger partial charge on any atom is 0.268 e. The highest BCUT2D eigenvalue weighted by molar-refractivity contribution is 6.31. The molecule has 1 amide bonds. The van der Waals surface area contributed by atoms with Gasteiger partial charge in [0.2, 0.25) is 0 Å². The summed E-state index contributed by atoms with van der Waals surface area (Å²) in [7, 11) is 0. The predicted octanol–water partition coefficient (Wildman–Crippen LogP) is 2.45. The minimum Gasteiger partial charge on any atom is -0.491 e. The number of H-pyrrole nitrogens is 1. The summed E-state index contributed by atoms with van der Waals surface area (Å²) in [6.07, 6.45) is 0.192. The fourth-order valence-corrected chi connectivity index (χ4v) is 3.85. The average molecular weight is 401 g/mol. The highest BCUT2D eigenvalue weighted by atomic mass is 35.5. The van der Waals surface area contributed by atoms with Gasteiger partial charge in [-0.05, 0) is 47.9 Å². The summed E-state index contributed by atoms with van der Waals surface area (Å²) in [5.41, 5.74) is 3.19. The molecular formula is C21H21ClN2O4. The van der Waals surface area contributed by atoms with Crippen molar-refractivity contribution in [2.24, 2.45) is 0 Å². The molecule has 0 bridgehead atoms. The van der Waals surface area contributed by atoms with Crippen molar-refractivity contribution in [2.75, 3.05) is 13.2 Å². The second-order valence-electron chi connectivity index (χ2n) is 6.94.